The van der Waals surface area contributed by atoms with Gasteiger partial charge < -0.3 is 4.90 Å². The molecule has 6 rings (SSSR count). The first-order valence-corrected chi connectivity index (χ1v) is 13.5. The molecule has 0 bridgehead atoms. The van der Waals surface area contributed by atoms with E-state index in [0.29, 0.717) is 18.0 Å². The van der Waals surface area contributed by atoms with E-state index >= 15 is 0 Å². The number of carbonyl (C=O) groups excluding carboxylic acids is 3. The van der Waals surface area contributed by atoms with Crippen LogP contribution in [0.2, 0.25) is 0 Å². The number of rotatable bonds is 5. The third-order valence-electron chi connectivity index (χ3n) is 7.25. The van der Waals surface area contributed by atoms with E-state index in [2.05, 4.69) is 51.1 Å². The van der Waals surface area contributed by atoms with Crippen molar-refractivity contribution in [3.63, 3.8) is 0 Å². The van der Waals surface area contributed by atoms with Gasteiger partial charge in [0.1, 0.15) is 17.0 Å². The van der Waals surface area contributed by atoms with Gasteiger partial charge >= 0.3 is 6.03 Å². The molecule has 3 aliphatic rings. The first kappa shape index (κ1) is 23.8. The van der Waals surface area contributed by atoms with Crippen molar-refractivity contribution in [3.8, 4) is 0 Å². The van der Waals surface area contributed by atoms with Crippen molar-refractivity contribution in [1.82, 2.24) is 30.2 Å². The Morgan fingerprint density at radius 2 is 1.81 bits per heavy atom. The highest BCUT2D eigenvalue weighted by molar-refractivity contribution is 7.18. The second-order valence-electron chi connectivity index (χ2n) is 10.1. The molecule has 0 aliphatic carbocycles. The SMILES string of the molecule is CC(C)c1cc2c(N3CCN(Cc4ccc5c(c4)CN(N4CCC(=O)NC4=O)C5=O)CC3)ncnc2s1. The maximum absolute atomic E-state index is 12.9. The van der Waals surface area contributed by atoms with E-state index < -0.39 is 6.03 Å². The molecular weight excluding hydrogens is 490 g/mol. The van der Waals surface area contributed by atoms with Crippen LogP contribution in [0, 0.1) is 0 Å². The van der Waals surface area contributed by atoms with E-state index in [1.165, 1.54) is 14.9 Å². The molecule has 0 atom stereocenters. The topological polar surface area (TPSA) is 102 Å². The number of hydrazine groups is 1. The summed E-state index contributed by atoms with van der Waals surface area (Å²) >= 11 is 1.75. The van der Waals surface area contributed by atoms with Crippen molar-refractivity contribution in [2.45, 2.75) is 39.3 Å². The number of hydrogen-bond donors (Lipinski definition) is 1. The van der Waals surface area contributed by atoms with Crippen LogP contribution in [0.15, 0.2) is 30.6 Å². The zero-order valence-corrected chi connectivity index (χ0v) is 21.8. The van der Waals surface area contributed by atoms with E-state index in [1.807, 2.05) is 12.1 Å². The van der Waals surface area contributed by atoms with Crippen molar-refractivity contribution in [2.75, 3.05) is 37.6 Å². The van der Waals surface area contributed by atoms with Gasteiger partial charge in [0.25, 0.3) is 5.91 Å². The lowest BCUT2D eigenvalue weighted by Gasteiger charge is -2.35. The van der Waals surface area contributed by atoms with Gasteiger partial charge in [0.15, 0.2) is 0 Å². The quantitative estimate of drug-likeness (QED) is 0.553. The van der Waals surface area contributed by atoms with Gasteiger partial charge in [-0.3, -0.25) is 19.8 Å². The summed E-state index contributed by atoms with van der Waals surface area (Å²) in [5.41, 5.74) is 2.67. The number of fused-ring (bicyclic) bond motifs is 2. The van der Waals surface area contributed by atoms with E-state index in [1.54, 1.807) is 17.7 Å². The smallest absolute Gasteiger partial charge is 0.342 e. The summed E-state index contributed by atoms with van der Waals surface area (Å²) in [6.45, 7) is 9.35. The molecule has 0 saturated carbocycles. The number of imide groups is 1. The molecule has 3 aromatic rings. The fraction of sp³-hybridized carbons (Fsp3) is 0.423. The highest BCUT2D eigenvalue weighted by atomic mass is 32.1. The fourth-order valence-electron chi connectivity index (χ4n) is 5.21. The van der Waals surface area contributed by atoms with Gasteiger partial charge in [0.2, 0.25) is 5.91 Å². The highest BCUT2D eigenvalue weighted by Crippen LogP contribution is 2.34. The summed E-state index contributed by atoms with van der Waals surface area (Å²) in [7, 11) is 0. The summed E-state index contributed by atoms with van der Waals surface area (Å²) < 4.78 is 0. The Bertz CT molecular complexity index is 1400. The van der Waals surface area contributed by atoms with Gasteiger partial charge in [-0.2, -0.15) is 0 Å². The predicted molar refractivity (Wildman–Crippen MR) is 140 cm³/mol. The molecule has 2 fully saturated rings. The largest absolute Gasteiger partial charge is 0.353 e. The minimum atomic E-state index is -0.542. The molecule has 11 heteroatoms. The zero-order chi connectivity index (χ0) is 25.7. The molecule has 10 nitrogen and oxygen atoms in total. The van der Waals surface area contributed by atoms with Crippen LogP contribution in [0.25, 0.3) is 10.2 Å². The number of aromatic nitrogens is 2. The Hall–Kier alpha value is -3.57. The maximum atomic E-state index is 12.9. The van der Waals surface area contributed by atoms with E-state index in [9.17, 15) is 14.4 Å². The third kappa shape index (κ3) is 4.42. The number of thiophene rings is 1. The lowest BCUT2D eigenvalue weighted by molar-refractivity contribution is -0.123. The van der Waals surface area contributed by atoms with E-state index in [-0.39, 0.29) is 24.8 Å². The second-order valence-corrected chi connectivity index (χ2v) is 11.1. The van der Waals surface area contributed by atoms with Crippen LogP contribution in [0.4, 0.5) is 10.6 Å². The zero-order valence-electron chi connectivity index (χ0n) is 20.9. The van der Waals surface area contributed by atoms with Crippen LogP contribution in [0.3, 0.4) is 0 Å². The van der Waals surface area contributed by atoms with Gasteiger partial charge in [-0.1, -0.05) is 26.0 Å². The number of nitrogens with one attached hydrogen (secondary N) is 1. The lowest BCUT2D eigenvalue weighted by atomic mass is 10.1. The molecule has 37 heavy (non-hydrogen) atoms. The molecule has 192 valence electrons. The van der Waals surface area contributed by atoms with E-state index in [0.717, 1.165) is 59.9 Å². The van der Waals surface area contributed by atoms with Crippen molar-refractivity contribution in [3.05, 3.63) is 52.2 Å². The molecule has 0 radical (unpaired) electrons. The molecule has 0 unspecified atom stereocenters. The van der Waals surface area contributed by atoms with Crippen molar-refractivity contribution in [2.24, 2.45) is 0 Å². The monoisotopic (exact) mass is 519 g/mol. The fourth-order valence-corrected chi connectivity index (χ4v) is 6.21. The Morgan fingerprint density at radius 3 is 2.57 bits per heavy atom. The number of carbonyl (C=O) groups is 3. The van der Waals surface area contributed by atoms with Crippen LogP contribution < -0.4 is 10.2 Å². The van der Waals surface area contributed by atoms with Crippen LogP contribution in [0.5, 0.6) is 0 Å². The summed E-state index contributed by atoms with van der Waals surface area (Å²) in [6.07, 6.45) is 1.86. The molecule has 3 aliphatic heterocycles. The Labute approximate surface area is 218 Å². The second kappa shape index (κ2) is 9.38. The van der Waals surface area contributed by atoms with Gasteiger partial charge in [-0.25, -0.2) is 24.8 Å². The van der Waals surface area contributed by atoms with Gasteiger partial charge in [-0.05, 0) is 29.2 Å². The van der Waals surface area contributed by atoms with Gasteiger partial charge in [-0.15, -0.1) is 11.3 Å². The van der Waals surface area contributed by atoms with Crippen LogP contribution >= 0.6 is 11.3 Å². The van der Waals surface area contributed by atoms with Gasteiger partial charge in [0, 0.05) is 49.6 Å². The minimum absolute atomic E-state index is 0.189. The van der Waals surface area contributed by atoms with Gasteiger partial charge in [0.05, 0.1) is 18.5 Å². The maximum Gasteiger partial charge on any atom is 0.342 e. The van der Waals surface area contributed by atoms with Crippen molar-refractivity contribution >= 4 is 45.2 Å². The molecule has 0 spiro atoms. The minimum Gasteiger partial charge on any atom is -0.353 e. The molecular formula is C26H29N7O3S. The number of anilines is 1. The Morgan fingerprint density at radius 1 is 1.00 bits per heavy atom. The molecule has 2 saturated heterocycles. The number of benzene rings is 1. The first-order chi connectivity index (χ1) is 17.9. The van der Waals surface area contributed by atoms with Crippen molar-refractivity contribution < 1.29 is 14.4 Å². The standard InChI is InChI=1S/C26H29N7O3S/c1-16(2)21-12-20-23(27-15-28-24(20)37-21)31-9-7-30(8-10-31)13-17-3-4-19-18(11-17)14-33(25(19)35)32-6-5-22(34)29-26(32)36/h3-4,11-12,15-16H,5-10,13-14H2,1-2H3,(H,29,34,36). The third-order valence-corrected chi connectivity index (χ3v) is 8.60. The summed E-state index contributed by atoms with van der Waals surface area (Å²) in [5, 5.41) is 6.20. The lowest BCUT2D eigenvalue weighted by Crippen LogP contribution is -2.56. The number of nitrogens with zero attached hydrogens (tertiary/aromatic N) is 6. The van der Waals surface area contributed by atoms with Crippen LogP contribution in [-0.2, 0) is 17.9 Å². The number of piperazine rings is 1. The van der Waals surface area contributed by atoms with Crippen LogP contribution in [-0.4, -0.2) is 75.5 Å². The number of hydrogen-bond acceptors (Lipinski definition) is 8. The number of urea groups is 1. The van der Waals surface area contributed by atoms with Crippen molar-refractivity contribution in [1.29, 1.82) is 0 Å². The number of amides is 4. The summed E-state index contributed by atoms with van der Waals surface area (Å²) in [5.74, 6) is 0.977. The van der Waals surface area contributed by atoms with Crippen LogP contribution in [0.1, 0.15) is 52.5 Å². The predicted octanol–water partition coefficient (Wildman–Crippen LogP) is 2.95. The Kier molecular flexibility index (Phi) is 6.04. The average molecular weight is 520 g/mol. The summed E-state index contributed by atoms with van der Waals surface area (Å²) in [6, 6.07) is 7.63. The molecule has 5 heterocycles. The molecule has 1 aromatic carbocycles. The Balaban J connectivity index is 1.10. The average Bonchev–Trinajstić information content (AvgIpc) is 3.46. The molecule has 4 amide bonds. The highest BCUT2D eigenvalue weighted by Gasteiger charge is 2.37. The first-order valence-electron chi connectivity index (χ1n) is 12.6. The normalized spacial score (nSPS) is 18.8. The van der Waals surface area contributed by atoms with E-state index in [4.69, 9.17) is 0 Å². The summed E-state index contributed by atoms with van der Waals surface area (Å²) in [4.78, 5) is 52.9. The molecule has 2 aromatic heterocycles. The molecule has 1 N–H and O–H groups in total.